The van der Waals surface area contributed by atoms with E-state index < -0.39 is 14.6 Å². The van der Waals surface area contributed by atoms with Crippen molar-refractivity contribution in [2.24, 2.45) is 0 Å². The summed E-state index contributed by atoms with van der Waals surface area (Å²) in [5, 5.41) is 5.07. The molecule has 1 aliphatic rings. The Hall–Kier alpha value is -0.630. The number of nitrogens with zero attached hydrogens (tertiary/aromatic N) is 1. The molecule has 2 heterocycles. The van der Waals surface area contributed by atoms with Crippen LogP contribution in [0.2, 0.25) is 0 Å². The molecule has 0 bridgehead atoms. The molecule has 2 rings (SSSR count). The summed E-state index contributed by atoms with van der Waals surface area (Å²) < 4.78 is 23.1. The highest BCUT2D eigenvalue weighted by atomic mass is 35.5. The summed E-state index contributed by atoms with van der Waals surface area (Å²) in [7, 11) is -1.76. The van der Waals surface area contributed by atoms with Crippen LogP contribution in [-0.4, -0.2) is 50.4 Å². The molecule has 21 heavy (non-hydrogen) atoms. The fourth-order valence-corrected chi connectivity index (χ4v) is 4.81. The lowest BCUT2D eigenvalue weighted by Crippen LogP contribution is -2.57. The summed E-state index contributed by atoms with van der Waals surface area (Å²) >= 11 is 1.57. The van der Waals surface area contributed by atoms with E-state index in [1.807, 2.05) is 17.5 Å². The van der Waals surface area contributed by atoms with E-state index in [9.17, 15) is 13.2 Å². The number of carbonyl (C=O) groups excluding carboxylic acids is 1. The average molecular weight is 353 g/mol. The maximum absolute atomic E-state index is 12.7. The van der Waals surface area contributed by atoms with Gasteiger partial charge in [0.25, 0.3) is 0 Å². The summed E-state index contributed by atoms with van der Waals surface area (Å²) in [5.41, 5.74) is 0. The second kappa shape index (κ2) is 7.09. The van der Waals surface area contributed by atoms with Crippen molar-refractivity contribution >= 4 is 39.5 Å². The first-order valence-corrected chi connectivity index (χ1v) is 9.32. The maximum atomic E-state index is 12.7. The second-order valence-electron chi connectivity index (χ2n) is 5.26. The molecular formula is C13H21ClN2O3S2. The lowest BCUT2D eigenvalue weighted by atomic mass is 9.95. The van der Waals surface area contributed by atoms with Gasteiger partial charge in [-0.3, -0.25) is 4.79 Å². The third kappa shape index (κ3) is 3.77. The van der Waals surface area contributed by atoms with Crippen molar-refractivity contribution in [1.29, 1.82) is 0 Å². The molecule has 0 atom stereocenters. The van der Waals surface area contributed by atoms with Crippen molar-refractivity contribution in [3.63, 3.8) is 0 Å². The maximum Gasteiger partial charge on any atom is 0.244 e. The first-order valence-electron chi connectivity index (χ1n) is 6.55. The summed E-state index contributed by atoms with van der Waals surface area (Å²) in [6.45, 7) is 1.58. The van der Waals surface area contributed by atoms with Crippen molar-refractivity contribution < 1.29 is 13.2 Å². The Labute approximate surface area is 136 Å². The molecule has 1 aromatic heterocycles. The summed E-state index contributed by atoms with van der Waals surface area (Å²) in [5.74, 6) is -0.282. The highest BCUT2D eigenvalue weighted by molar-refractivity contribution is 7.92. The summed E-state index contributed by atoms with van der Waals surface area (Å²) in [6.07, 6.45) is 1.87. The van der Waals surface area contributed by atoms with Gasteiger partial charge in [0, 0.05) is 18.2 Å². The van der Waals surface area contributed by atoms with Crippen LogP contribution in [0.5, 0.6) is 0 Å². The van der Waals surface area contributed by atoms with Crippen LogP contribution in [0, 0.1) is 0 Å². The Kier molecular flexibility index (Phi) is 6.22. The molecule has 5 nitrogen and oxygen atoms in total. The fourth-order valence-electron chi connectivity index (χ4n) is 2.63. The van der Waals surface area contributed by atoms with Crippen LogP contribution >= 0.6 is 23.7 Å². The Balaban J connectivity index is 0.00000220. The number of carbonyl (C=O) groups is 1. The number of amides is 1. The average Bonchev–Trinajstić information content (AvgIpc) is 2.90. The number of nitrogens with one attached hydrogen (secondary N) is 1. The van der Waals surface area contributed by atoms with Gasteiger partial charge in [-0.1, -0.05) is 6.07 Å². The van der Waals surface area contributed by atoms with Crippen molar-refractivity contribution in [3.05, 3.63) is 22.4 Å². The monoisotopic (exact) mass is 352 g/mol. The van der Waals surface area contributed by atoms with Crippen molar-refractivity contribution in [2.45, 2.75) is 24.1 Å². The third-order valence-electron chi connectivity index (χ3n) is 3.83. The van der Waals surface area contributed by atoms with Crippen LogP contribution in [0.15, 0.2) is 17.5 Å². The minimum atomic E-state index is -3.44. The zero-order valence-electron chi connectivity index (χ0n) is 12.2. The number of sulfone groups is 1. The first kappa shape index (κ1) is 18.4. The molecule has 1 amide bonds. The standard InChI is InChI=1S/C13H20N2O3S2.ClH/c1-15(10-11-4-3-9-19-11)12(16)13(20(2,17)18)5-7-14-8-6-13;/h3-4,9,14H,5-8,10H2,1-2H3;1H. The zero-order chi connectivity index (χ0) is 14.8. The molecular weight excluding hydrogens is 332 g/mol. The number of rotatable bonds is 4. The Morgan fingerprint density at radius 3 is 2.52 bits per heavy atom. The van der Waals surface area contributed by atoms with Gasteiger partial charge in [0.15, 0.2) is 14.6 Å². The Morgan fingerprint density at radius 2 is 2.05 bits per heavy atom. The normalized spacial score (nSPS) is 17.8. The number of halogens is 1. The molecule has 0 radical (unpaired) electrons. The lowest BCUT2D eigenvalue weighted by Gasteiger charge is -2.37. The Bertz CT molecular complexity index is 566. The van der Waals surface area contributed by atoms with Gasteiger partial charge in [-0.25, -0.2) is 8.42 Å². The van der Waals surface area contributed by atoms with Crippen LogP contribution in [-0.2, 0) is 21.2 Å². The molecule has 0 aliphatic carbocycles. The third-order valence-corrected chi connectivity index (χ3v) is 6.69. The van der Waals surface area contributed by atoms with Gasteiger partial charge in [0.1, 0.15) is 0 Å². The lowest BCUT2D eigenvalue weighted by molar-refractivity contribution is -0.133. The highest BCUT2D eigenvalue weighted by Gasteiger charge is 2.49. The molecule has 1 fully saturated rings. The van der Waals surface area contributed by atoms with E-state index >= 15 is 0 Å². The van der Waals surface area contributed by atoms with Gasteiger partial charge >= 0.3 is 0 Å². The summed E-state index contributed by atoms with van der Waals surface area (Å²) in [4.78, 5) is 15.3. The van der Waals surface area contributed by atoms with E-state index in [0.717, 1.165) is 4.88 Å². The smallest absolute Gasteiger partial charge is 0.244 e. The van der Waals surface area contributed by atoms with Crippen LogP contribution in [0.25, 0.3) is 0 Å². The molecule has 1 aromatic rings. The highest BCUT2D eigenvalue weighted by Crippen LogP contribution is 2.30. The molecule has 0 aromatic carbocycles. The van der Waals surface area contributed by atoms with E-state index in [-0.39, 0.29) is 18.3 Å². The van der Waals surface area contributed by atoms with E-state index in [1.54, 1.807) is 18.4 Å². The molecule has 0 spiro atoms. The van der Waals surface area contributed by atoms with Gasteiger partial charge in [-0.05, 0) is 37.4 Å². The number of piperidine rings is 1. The molecule has 120 valence electrons. The van der Waals surface area contributed by atoms with Crippen molar-refractivity contribution in [3.8, 4) is 0 Å². The number of hydrogen-bond donors (Lipinski definition) is 1. The van der Waals surface area contributed by atoms with Crippen LogP contribution < -0.4 is 5.32 Å². The minimum Gasteiger partial charge on any atom is -0.339 e. The summed E-state index contributed by atoms with van der Waals surface area (Å²) in [6, 6.07) is 3.87. The topological polar surface area (TPSA) is 66.5 Å². The Morgan fingerprint density at radius 1 is 1.43 bits per heavy atom. The molecule has 1 aliphatic heterocycles. The van der Waals surface area contributed by atoms with Gasteiger partial charge in [0.05, 0.1) is 6.54 Å². The first-order chi connectivity index (χ1) is 9.37. The van der Waals surface area contributed by atoms with Gasteiger partial charge < -0.3 is 10.2 Å². The van der Waals surface area contributed by atoms with Crippen molar-refractivity contribution in [2.75, 3.05) is 26.4 Å². The number of hydrogen-bond acceptors (Lipinski definition) is 5. The van der Waals surface area contributed by atoms with Crippen LogP contribution in [0.1, 0.15) is 17.7 Å². The molecule has 8 heteroatoms. The molecule has 0 unspecified atom stereocenters. The van der Waals surface area contributed by atoms with Gasteiger partial charge in [0.2, 0.25) is 5.91 Å². The largest absolute Gasteiger partial charge is 0.339 e. The van der Waals surface area contributed by atoms with Crippen molar-refractivity contribution in [1.82, 2.24) is 10.2 Å². The van der Waals surface area contributed by atoms with E-state index in [2.05, 4.69) is 5.32 Å². The van der Waals surface area contributed by atoms with Gasteiger partial charge in [-0.2, -0.15) is 0 Å². The number of thiophene rings is 1. The predicted molar refractivity (Wildman–Crippen MR) is 87.7 cm³/mol. The van der Waals surface area contributed by atoms with Gasteiger partial charge in [-0.15, -0.1) is 23.7 Å². The van der Waals surface area contributed by atoms with E-state index in [0.29, 0.717) is 32.5 Å². The molecule has 1 saturated heterocycles. The predicted octanol–water partition coefficient (Wildman–Crippen LogP) is 1.30. The molecule has 1 N–H and O–H groups in total. The molecule has 0 saturated carbocycles. The quantitative estimate of drug-likeness (QED) is 0.886. The van der Waals surface area contributed by atoms with E-state index in [1.165, 1.54) is 11.2 Å². The van der Waals surface area contributed by atoms with E-state index in [4.69, 9.17) is 0 Å². The van der Waals surface area contributed by atoms with Crippen LogP contribution in [0.3, 0.4) is 0 Å². The SMILES string of the molecule is CN(Cc1cccs1)C(=O)C1(S(C)(=O)=O)CCNCC1.Cl. The second-order valence-corrected chi connectivity index (χ2v) is 8.62. The fraction of sp³-hybridized carbons (Fsp3) is 0.615. The minimum absolute atomic E-state index is 0. The van der Waals surface area contributed by atoms with Crippen LogP contribution in [0.4, 0.5) is 0 Å². The zero-order valence-corrected chi connectivity index (χ0v) is 14.6.